The molecule has 0 fully saturated rings. The van der Waals surface area contributed by atoms with E-state index in [9.17, 15) is 4.79 Å². The van der Waals surface area contributed by atoms with Gasteiger partial charge < -0.3 is 0 Å². The Bertz CT molecular complexity index is 341. The molecule has 1 aromatic carbocycles. The average Bonchev–Trinajstić information content (AvgIpc) is 2.40. The Balaban J connectivity index is 0.00000121. The SMILES string of the molecule is C=C.CCCC(=O)c1ccccc1C(C)CC. The Labute approximate surface area is 106 Å². The molecule has 0 amide bonds. The number of carbonyl (C=O) groups is 1. The summed E-state index contributed by atoms with van der Waals surface area (Å²) in [5.41, 5.74) is 2.13. The van der Waals surface area contributed by atoms with Gasteiger partial charge in [-0.3, -0.25) is 4.79 Å². The molecule has 0 N–H and O–H groups in total. The van der Waals surface area contributed by atoms with E-state index in [0.717, 1.165) is 18.4 Å². The highest BCUT2D eigenvalue weighted by molar-refractivity contribution is 5.97. The maximum atomic E-state index is 11.9. The zero-order valence-electron chi connectivity index (χ0n) is 11.3. The Morgan fingerprint density at radius 3 is 2.35 bits per heavy atom. The van der Waals surface area contributed by atoms with Crippen LogP contribution >= 0.6 is 0 Å². The van der Waals surface area contributed by atoms with E-state index in [1.807, 2.05) is 25.1 Å². The third-order valence-electron chi connectivity index (χ3n) is 2.88. The molecule has 1 unspecified atom stereocenters. The van der Waals surface area contributed by atoms with Crippen LogP contribution in [0.3, 0.4) is 0 Å². The molecule has 0 aliphatic rings. The highest BCUT2D eigenvalue weighted by Gasteiger charge is 2.13. The number of hydrogen-bond acceptors (Lipinski definition) is 1. The number of carbonyl (C=O) groups excluding carboxylic acids is 1. The van der Waals surface area contributed by atoms with Gasteiger partial charge in [0.25, 0.3) is 0 Å². The molecule has 1 atom stereocenters. The predicted molar refractivity (Wildman–Crippen MR) is 75.6 cm³/mol. The fourth-order valence-electron chi connectivity index (χ4n) is 1.76. The number of rotatable bonds is 5. The molecule has 0 aromatic heterocycles. The lowest BCUT2D eigenvalue weighted by molar-refractivity contribution is 0.0980. The molecule has 94 valence electrons. The molecule has 0 bridgehead atoms. The highest BCUT2D eigenvalue weighted by atomic mass is 16.1. The largest absolute Gasteiger partial charge is 0.294 e. The van der Waals surface area contributed by atoms with Crippen LogP contribution in [0.4, 0.5) is 0 Å². The van der Waals surface area contributed by atoms with Gasteiger partial charge in [0, 0.05) is 12.0 Å². The lowest BCUT2D eigenvalue weighted by Crippen LogP contribution is -2.05. The summed E-state index contributed by atoms with van der Waals surface area (Å²) in [6.07, 6.45) is 2.66. The summed E-state index contributed by atoms with van der Waals surface area (Å²) in [6.45, 7) is 12.4. The molecule has 0 spiro atoms. The van der Waals surface area contributed by atoms with Gasteiger partial charge in [0.1, 0.15) is 0 Å². The van der Waals surface area contributed by atoms with Gasteiger partial charge >= 0.3 is 0 Å². The van der Waals surface area contributed by atoms with Crippen LogP contribution in [-0.2, 0) is 0 Å². The summed E-state index contributed by atoms with van der Waals surface area (Å²) >= 11 is 0. The van der Waals surface area contributed by atoms with Crippen LogP contribution < -0.4 is 0 Å². The van der Waals surface area contributed by atoms with E-state index in [-0.39, 0.29) is 5.78 Å². The summed E-state index contributed by atoms with van der Waals surface area (Å²) < 4.78 is 0. The number of hydrogen-bond donors (Lipinski definition) is 0. The van der Waals surface area contributed by atoms with Gasteiger partial charge in [-0.1, -0.05) is 45.0 Å². The third kappa shape index (κ3) is 4.56. The van der Waals surface area contributed by atoms with Gasteiger partial charge in [-0.05, 0) is 24.3 Å². The number of ketones is 1. The fourth-order valence-corrected chi connectivity index (χ4v) is 1.76. The number of benzene rings is 1. The van der Waals surface area contributed by atoms with Crippen molar-refractivity contribution in [1.82, 2.24) is 0 Å². The first kappa shape index (κ1) is 15.6. The summed E-state index contributed by atoms with van der Waals surface area (Å²) in [4.78, 5) is 11.9. The standard InChI is InChI=1S/C14H20O.C2H4/c1-4-8-14(15)13-10-7-6-9-12(13)11(3)5-2;1-2/h6-7,9-11H,4-5,8H2,1-3H3;1-2H2. The van der Waals surface area contributed by atoms with Crippen molar-refractivity contribution in [3.63, 3.8) is 0 Å². The van der Waals surface area contributed by atoms with Crippen LogP contribution in [0.2, 0.25) is 0 Å². The Kier molecular flexibility index (Phi) is 8.04. The third-order valence-corrected chi connectivity index (χ3v) is 2.88. The average molecular weight is 232 g/mol. The smallest absolute Gasteiger partial charge is 0.163 e. The summed E-state index contributed by atoms with van der Waals surface area (Å²) in [7, 11) is 0. The van der Waals surface area contributed by atoms with Crippen molar-refractivity contribution in [3.05, 3.63) is 48.6 Å². The van der Waals surface area contributed by atoms with Gasteiger partial charge in [-0.25, -0.2) is 0 Å². The van der Waals surface area contributed by atoms with E-state index < -0.39 is 0 Å². The van der Waals surface area contributed by atoms with Crippen molar-refractivity contribution >= 4 is 5.78 Å². The lowest BCUT2D eigenvalue weighted by Gasteiger charge is -2.13. The number of Topliss-reactive ketones (excluding diaryl/α,β-unsaturated/α-hetero) is 1. The van der Waals surface area contributed by atoms with Crippen LogP contribution in [0.25, 0.3) is 0 Å². The van der Waals surface area contributed by atoms with Gasteiger partial charge in [0.05, 0.1) is 0 Å². The zero-order chi connectivity index (χ0) is 13.3. The van der Waals surface area contributed by atoms with E-state index >= 15 is 0 Å². The molecular formula is C16H24O. The predicted octanol–water partition coefficient (Wildman–Crippen LogP) is 4.99. The molecular weight excluding hydrogens is 208 g/mol. The second-order valence-electron chi connectivity index (χ2n) is 4.07. The van der Waals surface area contributed by atoms with Crippen LogP contribution in [-0.4, -0.2) is 5.78 Å². The van der Waals surface area contributed by atoms with Crippen LogP contribution in [0.1, 0.15) is 61.9 Å². The van der Waals surface area contributed by atoms with Gasteiger partial charge in [-0.15, -0.1) is 13.2 Å². The van der Waals surface area contributed by atoms with Crippen molar-refractivity contribution in [1.29, 1.82) is 0 Å². The van der Waals surface area contributed by atoms with E-state index in [0.29, 0.717) is 12.3 Å². The second kappa shape index (κ2) is 8.74. The lowest BCUT2D eigenvalue weighted by atomic mass is 9.91. The van der Waals surface area contributed by atoms with Crippen LogP contribution in [0.15, 0.2) is 37.4 Å². The normalized spacial score (nSPS) is 11.2. The van der Waals surface area contributed by atoms with Crippen molar-refractivity contribution in [2.75, 3.05) is 0 Å². The Morgan fingerprint density at radius 1 is 1.24 bits per heavy atom. The molecule has 1 nitrogen and oxygen atoms in total. The maximum absolute atomic E-state index is 11.9. The van der Waals surface area contributed by atoms with Crippen molar-refractivity contribution in [2.24, 2.45) is 0 Å². The second-order valence-corrected chi connectivity index (χ2v) is 4.07. The summed E-state index contributed by atoms with van der Waals surface area (Å²) in [6, 6.07) is 8.01. The first-order valence-corrected chi connectivity index (χ1v) is 6.32. The Hall–Kier alpha value is -1.37. The molecule has 1 heteroatoms. The minimum Gasteiger partial charge on any atom is -0.294 e. The quantitative estimate of drug-likeness (QED) is 0.516. The first-order chi connectivity index (χ1) is 8.20. The fraction of sp³-hybridized carbons (Fsp3) is 0.438. The van der Waals surface area contributed by atoms with Gasteiger partial charge in [-0.2, -0.15) is 0 Å². The maximum Gasteiger partial charge on any atom is 0.163 e. The van der Waals surface area contributed by atoms with Gasteiger partial charge in [0.15, 0.2) is 5.78 Å². The van der Waals surface area contributed by atoms with E-state index in [2.05, 4.69) is 33.1 Å². The van der Waals surface area contributed by atoms with E-state index in [1.165, 1.54) is 5.56 Å². The van der Waals surface area contributed by atoms with Crippen LogP contribution in [0.5, 0.6) is 0 Å². The minimum absolute atomic E-state index is 0.286. The molecule has 1 rings (SSSR count). The van der Waals surface area contributed by atoms with Gasteiger partial charge in [0.2, 0.25) is 0 Å². The first-order valence-electron chi connectivity index (χ1n) is 6.32. The van der Waals surface area contributed by atoms with E-state index in [4.69, 9.17) is 0 Å². The monoisotopic (exact) mass is 232 g/mol. The molecule has 0 heterocycles. The minimum atomic E-state index is 0.286. The van der Waals surface area contributed by atoms with Crippen LogP contribution in [0, 0.1) is 0 Å². The highest BCUT2D eigenvalue weighted by Crippen LogP contribution is 2.23. The molecule has 0 aliphatic heterocycles. The summed E-state index contributed by atoms with van der Waals surface area (Å²) in [5.74, 6) is 0.760. The molecule has 0 radical (unpaired) electrons. The molecule has 0 aliphatic carbocycles. The van der Waals surface area contributed by atoms with E-state index in [1.54, 1.807) is 0 Å². The molecule has 0 saturated carbocycles. The zero-order valence-corrected chi connectivity index (χ0v) is 11.3. The molecule has 1 aromatic rings. The molecule has 17 heavy (non-hydrogen) atoms. The molecule has 0 saturated heterocycles. The topological polar surface area (TPSA) is 17.1 Å². The van der Waals surface area contributed by atoms with Crippen molar-refractivity contribution < 1.29 is 4.79 Å². The van der Waals surface area contributed by atoms with Crippen molar-refractivity contribution in [3.8, 4) is 0 Å². The summed E-state index contributed by atoms with van der Waals surface area (Å²) in [5, 5.41) is 0. The Morgan fingerprint density at radius 2 is 1.82 bits per heavy atom. The van der Waals surface area contributed by atoms with Crippen molar-refractivity contribution in [2.45, 2.75) is 46.0 Å².